The highest BCUT2D eigenvalue weighted by molar-refractivity contribution is 6.11. The maximum atomic E-state index is 14.9. The van der Waals surface area contributed by atoms with Gasteiger partial charge in [0.2, 0.25) is 0 Å². The number of nitriles is 4. The van der Waals surface area contributed by atoms with E-state index in [0.29, 0.717) is 44.6 Å². The van der Waals surface area contributed by atoms with Crippen molar-refractivity contribution in [3.05, 3.63) is 143 Å². The second-order valence-corrected chi connectivity index (χ2v) is 11.8. The zero-order valence-corrected chi connectivity index (χ0v) is 25.8. The lowest BCUT2D eigenvalue weighted by atomic mass is 9.93. The van der Waals surface area contributed by atoms with Crippen LogP contribution in [0.3, 0.4) is 0 Å². The van der Waals surface area contributed by atoms with E-state index < -0.39 is 11.7 Å². The van der Waals surface area contributed by atoms with E-state index in [9.17, 15) is 34.2 Å². The predicted octanol–water partition coefficient (Wildman–Crippen LogP) is 10.1. The normalized spacial score (nSPS) is 11.4. The number of hydrogen-bond donors (Lipinski definition) is 0. The van der Waals surface area contributed by atoms with Crippen LogP contribution in [-0.4, -0.2) is 9.13 Å². The van der Waals surface area contributed by atoms with Crippen LogP contribution >= 0.6 is 0 Å². The minimum Gasteiger partial charge on any atom is -0.309 e. The number of halogens is 3. The number of fused-ring (bicyclic) bond motifs is 6. The molecule has 6 nitrogen and oxygen atoms in total. The van der Waals surface area contributed by atoms with E-state index in [1.807, 2.05) is 63.7 Å². The largest absolute Gasteiger partial charge is 0.417 e. The molecule has 0 amide bonds. The molecule has 0 N–H and O–H groups in total. The molecule has 0 saturated heterocycles. The van der Waals surface area contributed by atoms with Crippen molar-refractivity contribution in [3.8, 4) is 46.8 Å². The Morgan fingerprint density at radius 3 is 1.44 bits per heavy atom. The van der Waals surface area contributed by atoms with Crippen LogP contribution in [-0.2, 0) is 6.18 Å². The van der Waals surface area contributed by atoms with E-state index in [1.165, 1.54) is 12.1 Å². The average molecular weight is 653 g/mol. The van der Waals surface area contributed by atoms with Gasteiger partial charge >= 0.3 is 6.18 Å². The maximum Gasteiger partial charge on any atom is 0.417 e. The lowest BCUT2D eigenvalue weighted by Crippen LogP contribution is -2.10. The number of aromatic nitrogens is 2. The van der Waals surface area contributed by atoms with Crippen LogP contribution in [0.4, 0.5) is 13.2 Å². The highest BCUT2D eigenvalue weighted by Crippen LogP contribution is 2.44. The zero-order valence-electron chi connectivity index (χ0n) is 25.8. The summed E-state index contributed by atoms with van der Waals surface area (Å²) in [6.45, 7) is 0. The Morgan fingerprint density at radius 1 is 0.440 bits per heavy atom. The lowest BCUT2D eigenvalue weighted by Gasteiger charge is -2.21. The highest BCUT2D eigenvalue weighted by atomic mass is 19.4. The summed E-state index contributed by atoms with van der Waals surface area (Å²) in [7, 11) is 0. The van der Waals surface area contributed by atoms with Gasteiger partial charge in [-0.25, -0.2) is 0 Å². The van der Waals surface area contributed by atoms with Crippen molar-refractivity contribution in [2.24, 2.45) is 0 Å². The molecule has 0 atom stereocenters. The predicted molar refractivity (Wildman–Crippen MR) is 184 cm³/mol. The first-order valence-electron chi connectivity index (χ1n) is 15.3. The van der Waals surface area contributed by atoms with Gasteiger partial charge in [-0.3, -0.25) is 0 Å². The molecule has 50 heavy (non-hydrogen) atoms. The molecule has 0 aliphatic carbocycles. The van der Waals surface area contributed by atoms with Crippen LogP contribution in [0.2, 0.25) is 0 Å². The van der Waals surface area contributed by atoms with Crippen LogP contribution in [0.15, 0.2) is 115 Å². The fraction of sp³-hybridized carbons (Fsp3) is 0.0244. The Balaban J connectivity index is 1.56. The standard InChI is InChI=1S/C41H19F3N6/c42-41(43,44)34-17-26(22-47)9-12-28(34)33-19-39(49-35-7-3-1-5-29(35)31-15-24(20-45)10-13-37(31)49)27(23-48)18-40(33)50-36-8-4-2-6-30(36)32-16-25(21-46)11-14-38(32)50/h1-19H. The van der Waals surface area contributed by atoms with Crippen LogP contribution < -0.4 is 0 Å². The summed E-state index contributed by atoms with van der Waals surface area (Å²) < 4.78 is 48.3. The summed E-state index contributed by atoms with van der Waals surface area (Å²) in [6.07, 6.45) is -4.82. The smallest absolute Gasteiger partial charge is 0.309 e. The monoisotopic (exact) mass is 652 g/mol. The number of benzene rings is 6. The molecule has 0 aliphatic heterocycles. The van der Waals surface area contributed by atoms with Crippen LogP contribution in [0.25, 0.3) is 66.1 Å². The van der Waals surface area contributed by atoms with E-state index in [2.05, 4.69) is 18.2 Å². The Morgan fingerprint density at radius 2 is 0.920 bits per heavy atom. The van der Waals surface area contributed by atoms with Crippen LogP contribution in [0, 0.1) is 45.3 Å². The van der Waals surface area contributed by atoms with Crippen molar-refractivity contribution in [3.63, 3.8) is 0 Å². The van der Waals surface area contributed by atoms with E-state index in [1.54, 1.807) is 48.5 Å². The van der Waals surface area contributed by atoms with Gasteiger partial charge in [0.25, 0.3) is 0 Å². The molecule has 0 unspecified atom stereocenters. The Kier molecular flexibility index (Phi) is 6.69. The Hall–Kier alpha value is -7.33. The first-order chi connectivity index (χ1) is 24.2. The van der Waals surface area contributed by atoms with Gasteiger partial charge < -0.3 is 9.13 Å². The molecule has 0 bridgehead atoms. The van der Waals surface area contributed by atoms with Gasteiger partial charge in [-0.05, 0) is 78.4 Å². The van der Waals surface area contributed by atoms with Gasteiger partial charge in [0, 0.05) is 27.1 Å². The van der Waals surface area contributed by atoms with E-state index in [4.69, 9.17) is 0 Å². The minimum atomic E-state index is -4.82. The quantitative estimate of drug-likeness (QED) is 0.189. The Labute approximate surface area is 282 Å². The van der Waals surface area contributed by atoms with Crippen LogP contribution in [0.1, 0.15) is 27.8 Å². The number of hydrogen-bond acceptors (Lipinski definition) is 4. The number of alkyl halides is 3. The summed E-state index contributed by atoms with van der Waals surface area (Å²) in [5, 5.41) is 42.6. The molecule has 0 aliphatic rings. The molecule has 0 saturated carbocycles. The van der Waals surface area contributed by atoms with E-state index in [-0.39, 0.29) is 22.3 Å². The summed E-state index contributed by atoms with van der Waals surface area (Å²) in [5.41, 5.74) is 3.21. The van der Waals surface area contributed by atoms with Gasteiger partial charge in [0.1, 0.15) is 6.07 Å². The molecule has 2 aromatic heterocycles. The third kappa shape index (κ3) is 4.47. The number of rotatable bonds is 3. The van der Waals surface area contributed by atoms with Crippen molar-refractivity contribution in [1.29, 1.82) is 21.0 Å². The molecule has 234 valence electrons. The van der Waals surface area contributed by atoms with Gasteiger partial charge in [-0.1, -0.05) is 42.5 Å². The SMILES string of the molecule is N#Cc1ccc(-c2cc(-n3c4ccccc4c4cc(C#N)ccc43)c(C#N)cc2-n2c3ccccc3c3cc(C#N)ccc32)c(C(F)(F)F)c1. The summed E-state index contributed by atoms with van der Waals surface area (Å²) in [5.74, 6) is 0. The summed E-state index contributed by atoms with van der Waals surface area (Å²) >= 11 is 0. The van der Waals surface area contributed by atoms with Gasteiger partial charge in [0.05, 0.1) is 79.5 Å². The number of para-hydroxylation sites is 2. The van der Waals surface area contributed by atoms with Gasteiger partial charge in [-0.15, -0.1) is 0 Å². The molecule has 8 aromatic rings. The summed E-state index contributed by atoms with van der Waals surface area (Å²) in [6, 6.07) is 40.3. The van der Waals surface area contributed by atoms with Gasteiger partial charge in [-0.2, -0.15) is 34.2 Å². The molecule has 0 spiro atoms. The van der Waals surface area contributed by atoms with Gasteiger partial charge in [0.15, 0.2) is 0 Å². The fourth-order valence-corrected chi connectivity index (χ4v) is 6.94. The second kappa shape index (κ2) is 11.1. The highest BCUT2D eigenvalue weighted by Gasteiger charge is 2.35. The summed E-state index contributed by atoms with van der Waals surface area (Å²) in [4.78, 5) is 0. The van der Waals surface area contributed by atoms with Crippen molar-refractivity contribution in [2.45, 2.75) is 6.18 Å². The molecule has 6 aromatic carbocycles. The van der Waals surface area contributed by atoms with Crippen LogP contribution in [0.5, 0.6) is 0 Å². The molecular weight excluding hydrogens is 633 g/mol. The topological polar surface area (TPSA) is 105 Å². The second-order valence-electron chi connectivity index (χ2n) is 11.8. The van der Waals surface area contributed by atoms with Crippen molar-refractivity contribution in [2.75, 3.05) is 0 Å². The third-order valence-corrected chi connectivity index (χ3v) is 9.06. The van der Waals surface area contributed by atoms with Crippen molar-refractivity contribution in [1.82, 2.24) is 9.13 Å². The average Bonchev–Trinajstić information content (AvgIpc) is 3.65. The molecule has 0 radical (unpaired) electrons. The first kappa shape index (κ1) is 30.0. The molecular formula is C41H19F3N6. The molecule has 9 heteroatoms. The maximum absolute atomic E-state index is 14.9. The fourth-order valence-electron chi connectivity index (χ4n) is 6.94. The number of nitrogens with zero attached hydrogens (tertiary/aromatic N) is 6. The van der Waals surface area contributed by atoms with Crippen molar-refractivity contribution >= 4 is 43.6 Å². The van der Waals surface area contributed by atoms with E-state index in [0.717, 1.165) is 27.6 Å². The minimum absolute atomic E-state index is 0.145. The molecule has 2 heterocycles. The molecule has 8 rings (SSSR count). The zero-order chi connectivity index (χ0) is 34.7. The first-order valence-corrected chi connectivity index (χ1v) is 15.3. The Bertz CT molecular complexity index is 2920. The third-order valence-electron chi connectivity index (χ3n) is 9.06. The van der Waals surface area contributed by atoms with E-state index >= 15 is 0 Å². The lowest BCUT2D eigenvalue weighted by molar-refractivity contribution is -0.137. The van der Waals surface area contributed by atoms with Crippen molar-refractivity contribution < 1.29 is 13.2 Å². The molecule has 0 fully saturated rings.